The number of hydrogen-bond donors (Lipinski definition) is 2. The van der Waals surface area contributed by atoms with Gasteiger partial charge in [0, 0.05) is 11.6 Å². The number of carbonyl (C=O) groups excluding carboxylic acids is 2. The number of carbonyl (C=O) groups is 2. The Bertz CT molecular complexity index is 830. The molecule has 0 saturated heterocycles. The molecule has 0 bridgehead atoms. The molecule has 2 aromatic rings. The number of amides is 2. The van der Waals surface area contributed by atoms with Gasteiger partial charge in [-0.3, -0.25) is 9.59 Å². The van der Waals surface area contributed by atoms with Gasteiger partial charge in [0.1, 0.15) is 11.8 Å². The first-order valence-corrected chi connectivity index (χ1v) is 9.80. The summed E-state index contributed by atoms with van der Waals surface area (Å²) in [5.41, 5.74) is 3.16. The topological polar surface area (TPSA) is 67.4 Å². The third-order valence-electron chi connectivity index (χ3n) is 5.28. The van der Waals surface area contributed by atoms with Crippen molar-refractivity contribution < 1.29 is 14.3 Å². The fraction of sp³-hybridized carbons (Fsp3) is 0.391. The van der Waals surface area contributed by atoms with Crippen LogP contribution in [0, 0.1) is 5.92 Å². The van der Waals surface area contributed by atoms with Crippen LogP contribution in [0.15, 0.2) is 48.5 Å². The first-order chi connectivity index (χ1) is 13.5. The fourth-order valence-corrected chi connectivity index (χ4v) is 3.61. The SMILES string of the molecule is COc1ccc(C(=O)NC(C(=O)NC2CCc3ccccc3C2)C(C)C)cc1. The van der Waals surface area contributed by atoms with Gasteiger partial charge >= 0.3 is 0 Å². The maximum atomic E-state index is 12.9. The lowest BCUT2D eigenvalue weighted by molar-refractivity contribution is -0.124. The summed E-state index contributed by atoms with van der Waals surface area (Å²) >= 11 is 0. The molecule has 0 spiro atoms. The predicted octanol–water partition coefficient (Wildman–Crippen LogP) is 3.12. The Hall–Kier alpha value is -2.82. The van der Waals surface area contributed by atoms with Gasteiger partial charge in [-0.25, -0.2) is 0 Å². The van der Waals surface area contributed by atoms with Gasteiger partial charge in [0.05, 0.1) is 7.11 Å². The van der Waals surface area contributed by atoms with Crippen LogP contribution in [0.4, 0.5) is 0 Å². The summed E-state index contributed by atoms with van der Waals surface area (Å²) in [6.07, 6.45) is 2.71. The van der Waals surface area contributed by atoms with Crippen LogP contribution in [0.25, 0.3) is 0 Å². The van der Waals surface area contributed by atoms with E-state index in [9.17, 15) is 9.59 Å². The molecule has 1 aliphatic carbocycles. The summed E-state index contributed by atoms with van der Waals surface area (Å²) in [6.45, 7) is 3.88. The zero-order valence-electron chi connectivity index (χ0n) is 16.7. The van der Waals surface area contributed by atoms with Crippen molar-refractivity contribution in [1.82, 2.24) is 10.6 Å². The van der Waals surface area contributed by atoms with E-state index in [1.54, 1.807) is 31.4 Å². The summed E-state index contributed by atoms with van der Waals surface area (Å²) in [4.78, 5) is 25.5. The molecule has 2 unspecified atom stereocenters. The second kappa shape index (κ2) is 8.91. The van der Waals surface area contributed by atoms with E-state index in [2.05, 4.69) is 28.8 Å². The molecule has 148 valence electrons. The average Bonchev–Trinajstić information content (AvgIpc) is 2.71. The van der Waals surface area contributed by atoms with E-state index in [-0.39, 0.29) is 23.8 Å². The Kier molecular flexibility index (Phi) is 6.34. The second-order valence-corrected chi connectivity index (χ2v) is 7.64. The lowest BCUT2D eigenvalue weighted by atomic mass is 9.88. The molecule has 1 aliphatic rings. The third kappa shape index (κ3) is 4.71. The number of ether oxygens (including phenoxy) is 1. The molecule has 2 aromatic carbocycles. The Balaban J connectivity index is 1.63. The number of nitrogens with one attached hydrogen (secondary N) is 2. The molecule has 5 nitrogen and oxygen atoms in total. The number of fused-ring (bicyclic) bond motifs is 1. The molecule has 0 fully saturated rings. The summed E-state index contributed by atoms with van der Waals surface area (Å²) < 4.78 is 5.12. The van der Waals surface area contributed by atoms with Gasteiger partial charge in [-0.15, -0.1) is 0 Å². The highest BCUT2D eigenvalue weighted by Gasteiger charge is 2.28. The predicted molar refractivity (Wildman–Crippen MR) is 109 cm³/mol. The summed E-state index contributed by atoms with van der Waals surface area (Å²) in [7, 11) is 1.58. The smallest absolute Gasteiger partial charge is 0.251 e. The molecule has 0 radical (unpaired) electrons. The van der Waals surface area contributed by atoms with Crippen molar-refractivity contribution in [3.8, 4) is 5.75 Å². The van der Waals surface area contributed by atoms with Crippen LogP contribution in [-0.2, 0) is 17.6 Å². The molecule has 0 saturated carbocycles. The van der Waals surface area contributed by atoms with Crippen LogP contribution in [0.2, 0.25) is 0 Å². The Morgan fingerprint density at radius 1 is 1.04 bits per heavy atom. The van der Waals surface area contributed by atoms with Crippen LogP contribution in [0.3, 0.4) is 0 Å². The molecule has 3 rings (SSSR count). The van der Waals surface area contributed by atoms with Crippen molar-refractivity contribution >= 4 is 11.8 Å². The molecular formula is C23H28N2O3. The molecule has 0 aromatic heterocycles. The molecule has 2 atom stereocenters. The van der Waals surface area contributed by atoms with Crippen LogP contribution >= 0.6 is 0 Å². The first-order valence-electron chi connectivity index (χ1n) is 9.80. The zero-order chi connectivity index (χ0) is 20.1. The normalized spacial score (nSPS) is 16.8. The molecule has 2 N–H and O–H groups in total. The minimum Gasteiger partial charge on any atom is -0.497 e. The highest BCUT2D eigenvalue weighted by molar-refractivity contribution is 5.97. The third-order valence-corrected chi connectivity index (χ3v) is 5.28. The fourth-order valence-electron chi connectivity index (χ4n) is 3.61. The van der Waals surface area contributed by atoms with Crippen molar-refractivity contribution in [3.05, 3.63) is 65.2 Å². The van der Waals surface area contributed by atoms with Crippen LogP contribution in [-0.4, -0.2) is 31.0 Å². The van der Waals surface area contributed by atoms with E-state index in [4.69, 9.17) is 4.74 Å². The van der Waals surface area contributed by atoms with Gasteiger partial charge in [-0.1, -0.05) is 38.1 Å². The van der Waals surface area contributed by atoms with Gasteiger partial charge in [0.15, 0.2) is 0 Å². The number of rotatable bonds is 6. The standard InChI is InChI=1S/C23H28N2O3/c1-15(2)21(25-22(26)17-9-12-20(28-3)13-10-17)23(27)24-19-11-8-16-6-4-5-7-18(16)14-19/h4-7,9-10,12-13,15,19,21H,8,11,14H2,1-3H3,(H,24,27)(H,25,26). The zero-order valence-corrected chi connectivity index (χ0v) is 16.7. The number of hydrogen-bond acceptors (Lipinski definition) is 3. The van der Waals surface area contributed by atoms with Gasteiger partial charge < -0.3 is 15.4 Å². The molecular weight excluding hydrogens is 352 g/mol. The number of methoxy groups -OCH3 is 1. The average molecular weight is 380 g/mol. The van der Waals surface area contributed by atoms with Gasteiger partial charge in [0.25, 0.3) is 5.91 Å². The Morgan fingerprint density at radius 3 is 2.36 bits per heavy atom. The molecule has 0 aliphatic heterocycles. The maximum Gasteiger partial charge on any atom is 0.251 e. The molecule has 5 heteroatoms. The van der Waals surface area contributed by atoms with Crippen LogP contribution < -0.4 is 15.4 Å². The van der Waals surface area contributed by atoms with E-state index in [1.165, 1.54) is 11.1 Å². The highest BCUT2D eigenvalue weighted by Crippen LogP contribution is 2.21. The van der Waals surface area contributed by atoms with Crippen LogP contribution in [0.5, 0.6) is 5.75 Å². The van der Waals surface area contributed by atoms with Crippen LogP contribution in [0.1, 0.15) is 41.8 Å². The second-order valence-electron chi connectivity index (χ2n) is 7.64. The minimum absolute atomic E-state index is 0.0157. The monoisotopic (exact) mass is 380 g/mol. The lowest BCUT2D eigenvalue weighted by Gasteiger charge is -2.29. The van der Waals surface area contributed by atoms with E-state index in [0.717, 1.165) is 19.3 Å². The molecule has 0 heterocycles. The van der Waals surface area contributed by atoms with Crippen molar-refractivity contribution in [1.29, 1.82) is 0 Å². The lowest BCUT2D eigenvalue weighted by Crippen LogP contribution is -2.53. The number of benzene rings is 2. The highest BCUT2D eigenvalue weighted by atomic mass is 16.5. The van der Waals surface area contributed by atoms with Gasteiger partial charge in [0.2, 0.25) is 5.91 Å². The van der Waals surface area contributed by atoms with E-state index >= 15 is 0 Å². The summed E-state index contributed by atoms with van der Waals surface area (Å²) in [6, 6.07) is 14.8. The molecule has 2 amide bonds. The van der Waals surface area contributed by atoms with E-state index in [1.807, 2.05) is 19.9 Å². The number of aryl methyl sites for hydroxylation is 1. The van der Waals surface area contributed by atoms with Crippen molar-refractivity contribution in [2.24, 2.45) is 5.92 Å². The van der Waals surface area contributed by atoms with Crippen molar-refractivity contribution in [2.45, 2.75) is 45.2 Å². The van der Waals surface area contributed by atoms with E-state index in [0.29, 0.717) is 11.3 Å². The minimum atomic E-state index is -0.577. The molecule has 28 heavy (non-hydrogen) atoms. The van der Waals surface area contributed by atoms with Gasteiger partial charge in [-0.05, 0) is 60.6 Å². The van der Waals surface area contributed by atoms with Crippen molar-refractivity contribution in [2.75, 3.05) is 7.11 Å². The quantitative estimate of drug-likeness (QED) is 0.809. The largest absolute Gasteiger partial charge is 0.497 e. The Labute approximate surface area is 166 Å². The Morgan fingerprint density at radius 2 is 1.71 bits per heavy atom. The first kappa shape index (κ1) is 19.9. The van der Waals surface area contributed by atoms with E-state index < -0.39 is 6.04 Å². The summed E-state index contributed by atoms with van der Waals surface area (Å²) in [5, 5.41) is 6.03. The summed E-state index contributed by atoms with van der Waals surface area (Å²) in [5.74, 6) is 0.289. The van der Waals surface area contributed by atoms with Gasteiger partial charge in [-0.2, -0.15) is 0 Å². The maximum absolute atomic E-state index is 12.9. The van der Waals surface area contributed by atoms with Crippen molar-refractivity contribution in [3.63, 3.8) is 0 Å².